The average Bonchev–Trinajstić information content (AvgIpc) is 2.71. The van der Waals surface area contributed by atoms with Crippen LogP contribution in [0.5, 0.6) is 11.5 Å². The van der Waals surface area contributed by atoms with Crippen molar-refractivity contribution in [2.75, 3.05) is 11.9 Å². The molecule has 3 amide bonds. The van der Waals surface area contributed by atoms with E-state index in [0.29, 0.717) is 29.8 Å². The maximum atomic E-state index is 12.0. The van der Waals surface area contributed by atoms with Crippen LogP contribution in [-0.2, 0) is 4.79 Å². The molecule has 3 N–H and O–H groups in total. The van der Waals surface area contributed by atoms with E-state index in [-0.39, 0.29) is 18.4 Å². The number of nitrogens with zero attached hydrogens (tertiary/aromatic N) is 1. The van der Waals surface area contributed by atoms with Crippen LogP contribution in [0.4, 0.5) is 10.5 Å². The third-order valence-electron chi connectivity index (χ3n) is 4.59. The van der Waals surface area contributed by atoms with Crippen LogP contribution in [0.15, 0.2) is 48.8 Å². The van der Waals surface area contributed by atoms with Gasteiger partial charge in [-0.05, 0) is 49.2 Å². The highest BCUT2D eigenvalue weighted by Crippen LogP contribution is 2.22. The summed E-state index contributed by atoms with van der Waals surface area (Å²) in [4.78, 5) is 27.9. The van der Waals surface area contributed by atoms with Crippen molar-refractivity contribution in [2.45, 2.75) is 44.6 Å². The van der Waals surface area contributed by atoms with Crippen molar-refractivity contribution < 1.29 is 14.3 Å². The number of carbonyl (C=O) groups is 2. The smallest absolute Gasteiger partial charge is 0.319 e. The minimum absolute atomic E-state index is 0.0101. The lowest BCUT2D eigenvalue weighted by Crippen LogP contribution is -2.38. The van der Waals surface area contributed by atoms with Gasteiger partial charge in [0.1, 0.15) is 11.5 Å². The topological polar surface area (TPSA) is 92.4 Å². The van der Waals surface area contributed by atoms with Gasteiger partial charge in [-0.3, -0.25) is 9.78 Å². The highest BCUT2D eigenvalue weighted by atomic mass is 16.5. The summed E-state index contributed by atoms with van der Waals surface area (Å²) in [6, 6.07) is 10.6. The molecule has 7 nitrogen and oxygen atoms in total. The standard InChI is InChI=1S/C21H26N4O3/c26-20(24-16-5-2-1-3-6-16)12-14-23-21(27)25-17-8-10-18(11-9-17)28-19-7-4-13-22-15-19/h4,7-11,13,15-16H,1-3,5-6,12,14H2,(H,24,26)(H2,23,25,27). The molecule has 0 radical (unpaired) electrons. The van der Waals surface area contributed by atoms with Crippen LogP contribution >= 0.6 is 0 Å². The molecule has 1 saturated carbocycles. The summed E-state index contributed by atoms with van der Waals surface area (Å²) < 4.78 is 5.66. The van der Waals surface area contributed by atoms with E-state index in [2.05, 4.69) is 20.9 Å². The fraction of sp³-hybridized carbons (Fsp3) is 0.381. The van der Waals surface area contributed by atoms with Crippen LogP contribution in [0.3, 0.4) is 0 Å². The molecule has 0 unspecified atom stereocenters. The number of hydrogen-bond donors (Lipinski definition) is 3. The normalized spacial score (nSPS) is 14.1. The zero-order valence-electron chi connectivity index (χ0n) is 15.8. The van der Waals surface area contributed by atoms with Gasteiger partial charge in [-0.2, -0.15) is 0 Å². The monoisotopic (exact) mass is 382 g/mol. The molecule has 7 heteroatoms. The molecular formula is C21H26N4O3. The van der Waals surface area contributed by atoms with E-state index in [1.165, 1.54) is 19.3 Å². The van der Waals surface area contributed by atoms with Crippen LogP contribution in [-0.4, -0.2) is 29.5 Å². The quantitative estimate of drug-likeness (QED) is 0.678. The fourth-order valence-electron chi connectivity index (χ4n) is 3.16. The Balaban J connectivity index is 1.35. The van der Waals surface area contributed by atoms with Crippen LogP contribution in [0.25, 0.3) is 0 Å². The molecule has 3 rings (SSSR count). The lowest BCUT2D eigenvalue weighted by molar-refractivity contribution is -0.121. The average molecular weight is 382 g/mol. The number of nitrogens with one attached hydrogen (secondary N) is 3. The van der Waals surface area contributed by atoms with Gasteiger partial charge < -0.3 is 20.7 Å². The Labute approximate surface area is 164 Å². The SMILES string of the molecule is O=C(CCNC(=O)Nc1ccc(Oc2cccnc2)cc1)NC1CCCCC1. The Bertz CT molecular complexity index is 759. The van der Waals surface area contributed by atoms with Gasteiger partial charge in [0.2, 0.25) is 5.91 Å². The van der Waals surface area contributed by atoms with Gasteiger partial charge in [0, 0.05) is 30.9 Å². The van der Waals surface area contributed by atoms with E-state index in [4.69, 9.17) is 4.74 Å². The minimum Gasteiger partial charge on any atom is -0.456 e. The molecule has 148 valence electrons. The first-order valence-electron chi connectivity index (χ1n) is 9.71. The highest BCUT2D eigenvalue weighted by Gasteiger charge is 2.15. The molecule has 0 aliphatic heterocycles. The zero-order valence-corrected chi connectivity index (χ0v) is 15.8. The molecule has 1 heterocycles. The molecule has 1 aromatic carbocycles. The number of pyridine rings is 1. The predicted octanol–water partition coefficient (Wildman–Crippen LogP) is 3.83. The number of ether oxygens (including phenoxy) is 1. The van der Waals surface area contributed by atoms with Crippen molar-refractivity contribution in [3.63, 3.8) is 0 Å². The second kappa shape index (κ2) is 10.3. The number of benzene rings is 1. The molecule has 2 aromatic rings. The molecule has 28 heavy (non-hydrogen) atoms. The van der Waals surface area contributed by atoms with Crippen LogP contribution < -0.4 is 20.7 Å². The van der Waals surface area contributed by atoms with Crippen molar-refractivity contribution in [3.05, 3.63) is 48.8 Å². The van der Waals surface area contributed by atoms with Crippen molar-refractivity contribution >= 4 is 17.6 Å². The van der Waals surface area contributed by atoms with Crippen LogP contribution in [0.2, 0.25) is 0 Å². The molecular weight excluding hydrogens is 356 g/mol. The van der Waals surface area contributed by atoms with Gasteiger partial charge in [-0.1, -0.05) is 19.3 Å². The van der Waals surface area contributed by atoms with Crippen molar-refractivity contribution in [1.82, 2.24) is 15.6 Å². The number of aromatic nitrogens is 1. The Kier molecular flexibility index (Phi) is 7.23. The second-order valence-corrected chi connectivity index (χ2v) is 6.85. The Morgan fingerprint density at radius 3 is 2.54 bits per heavy atom. The number of urea groups is 1. The first-order valence-corrected chi connectivity index (χ1v) is 9.71. The Hall–Kier alpha value is -3.09. The van der Waals surface area contributed by atoms with E-state index in [1.54, 1.807) is 42.7 Å². The van der Waals surface area contributed by atoms with Crippen LogP contribution in [0.1, 0.15) is 38.5 Å². The largest absolute Gasteiger partial charge is 0.456 e. The summed E-state index contributed by atoms with van der Waals surface area (Å²) in [6.45, 7) is 0.298. The molecule has 0 atom stereocenters. The molecule has 0 saturated heterocycles. The summed E-state index contributed by atoms with van der Waals surface area (Å²) in [5, 5.41) is 8.48. The zero-order chi connectivity index (χ0) is 19.6. The molecule has 0 bridgehead atoms. The number of amides is 3. The predicted molar refractivity (Wildman–Crippen MR) is 107 cm³/mol. The summed E-state index contributed by atoms with van der Waals surface area (Å²) >= 11 is 0. The lowest BCUT2D eigenvalue weighted by atomic mass is 9.95. The molecule has 1 aliphatic carbocycles. The Morgan fingerprint density at radius 1 is 1.04 bits per heavy atom. The summed E-state index contributed by atoms with van der Waals surface area (Å²) in [7, 11) is 0. The van der Waals surface area contributed by atoms with E-state index >= 15 is 0 Å². The molecule has 1 aliphatic rings. The summed E-state index contributed by atoms with van der Waals surface area (Å²) in [5.74, 6) is 1.29. The first kappa shape index (κ1) is 19.7. The first-order chi connectivity index (χ1) is 13.7. The summed E-state index contributed by atoms with van der Waals surface area (Å²) in [6.07, 6.45) is 9.31. The molecule has 1 aromatic heterocycles. The Morgan fingerprint density at radius 2 is 1.82 bits per heavy atom. The van der Waals surface area contributed by atoms with Gasteiger partial charge in [0.15, 0.2) is 0 Å². The highest BCUT2D eigenvalue weighted by molar-refractivity contribution is 5.89. The van der Waals surface area contributed by atoms with E-state index in [0.717, 1.165) is 12.8 Å². The van der Waals surface area contributed by atoms with E-state index < -0.39 is 0 Å². The van der Waals surface area contributed by atoms with Gasteiger partial charge in [-0.15, -0.1) is 0 Å². The van der Waals surface area contributed by atoms with Crippen LogP contribution in [0, 0.1) is 0 Å². The van der Waals surface area contributed by atoms with Gasteiger partial charge >= 0.3 is 6.03 Å². The van der Waals surface area contributed by atoms with Gasteiger partial charge in [0.25, 0.3) is 0 Å². The van der Waals surface area contributed by atoms with Gasteiger partial charge in [0.05, 0.1) is 6.20 Å². The van der Waals surface area contributed by atoms with E-state index in [9.17, 15) is 9.59 Å². The number of anilines is 1. The maximum Gasteiger partial charge on any atom is 0.319 e. The fourth-order valence-corrected chi connectivity index (χ4v) is 3.16. The lowest BCUT2D eigenvalue weighted by Gasteiger charge is -2.22. The molecule has 1 fully saturated rings. The molecule has 0 spiro atoms. The number of carbonyl (C=O) groups excluding carboxylic acids is 2. The number of rotatable bonds is 7. The van der Waals surface area contributed by atoms with Crippen molar-refractivity contribution in [1.29, 1.82) is 0 Å². The van der Waals surface area contributed by atoms with Gasteiger partial charge in [-0.25, -0.2) is 4.79 Å². The third-order valence-corrected chi connectivity index (χ3v) is 4.59. The maximum absolute atomic E-state index is 12.0. The van der Waals surface area contributed by atoms with Crippen molar-refractivity contribution in [2.24, 2.45) is 0 Å². The number of hydrogen-bond acceptors (Lipinski definition) is 4. The minimum atomic E-state index is -0.341. The van der Waals surface area contributed by atoms with Crippen molar-refractivity contribution in [3.8, 4) is 11.5 Å². The van der Waals surface area contributed by atoms with E-state index in [1.807, 2.05) is 6.07 Å². The third kappa shape index (κ3) is 6.57. The summed E-state index contributed by atoms with van der Waals surface area (Å²) in [5.41, 5.74) is 0.641. The second-order valence-electron chi connectivity index (χ2n) is 6.85.